The number of anilines is 1. The first-order chi connectivity index (χ1) is 16.0. The summed E-state index contributed by atoms with van der Waals surface area (Å²) >= 11 is 6.28. The highest BCUT2D eigenvalue weighted by Gasteiger charge is 2.15. The summed E-state index contributed by atoms with van der Waals surface area (Å²) in [5.41, 5.74) is 8.78. The number of hydrogen-bond acceptors (Lipinski definition) is 5. The van der Waals surface area contributed by atoms with Gasteiger partial charge in [-0.1, -0.05) is 41.6 Å². The minimum atomic E-state index is -0.457. The molecule has 0 aliphatic rings. The first kappa shape index (κ1) is 23.7. The second-order valence-electron chi connectivity index (χ2n) is 6.91. The van der Waals surface area contributed by atoms with Crippen LogP contribution in [0, 0.1) is 24.2 Å². The number of esters is 1. The van der Waals surface area contributed by atoms with Gasteiger partial charge in [0.05, 0.1) is 18.6 Å². The SMILES string of the molecule is [CH2]COc1c(C#Cc2ccccc2)cc(Cl)cc1CC(=O)OCNc1ccc(C(=N)N)cc1. The lowest BCUT2D eigenvalue weighted by Gasteiger charge is -2.13. The van der Waals surface area contributed by atoms with E-state index in [2.05, 4.69) is 24.1 Å². The molecule has 0 bridgehead atoms. The number of ether oxygens (including phenoxy) is 2. The number of nitrogens with two attached hydrogens (primary N) is 1. The van der Waals surface area contributed by atoms with Crippen LogP contribution < -0.4 is 15.8 Å². The molecular weight excluding hydrogens is 438 g/mol. The predicted molar refractivity (Wildman–Crippen MR) is 130 cm³/mol. The predicted octanol–water partition coefficient (Wildman–Crippen LogP) is 4.39. The van der Waals surface area contributed by atoms with Crippen molar-refractivity contribution in [2.24, 2.45) is 5.73 Å². The Morgan fingerprint density at radius 2 is 1.82 bits per heavy atom. The van der Waals surface area contributed by atoms with E-state index in [1.54, 1.807) is 36.4 Å². The second kappa shape index (κ2) is 11.6. The maximum absolute atomic E-state index is 12.4. The normalized spacial score (nSPS) is 10.0. The highest BCUT2D eigenvalue weighted by molar-refractivity contribution is 6.30. The van der Waals surface area contributed by atoms with Gasteiger partial charge in [0.25, 0.3) is 0 Å². The molecule has 1 radical (unpaired) electrons. The standard InChI is InChI=1S/C26H23ClN3O3/c1-2-32-25-20(9-8-18-6-4-3-5-7-18)14-22(27)15-21(25)16-24(31)33-17-30-23-12-10-19(11-13-23)26(28)29/h3-7,10-15,30H,1-2,16-17H2,(H3,28,29). The Hall–Kier alpha value is -3.95. The quantitative estimate of drug-likeness (QED) is 0.152. The summed E-state index contributed by atoms with van der Waals surface area (Å²) in [5.74, 6) is 6.14. The summed E-state index contributed by atoms with van der Waals surface area (Å²) < 4.78 is 11.0. The third kappa shape index (κ3) is 7.03. The Bertz CT molecular complexity index is 1180. The van der Waals surface area contributed by atoms with Crippen LogP contribution >= 0.6 is 11.6 Å². The molecule has 3 aromatic rings. The molecule has 0 unspecified atom stereocenters. The molecular formula is C26H23ClN3O3. The van der Waals surface area contributed by atoms with Crippen LogP contribution in [0.4, 0.5) is 5.69 Å². The molecule has 0 spiro atoms. The van der Waals surface area contributed by atoms with Gasteiger partial charge in [0.1, 0.15) is 11.6 Å². The highest BCUT2D eigenvalue weighted by Crippen LogP contribution is 2.29. The fraction of sp³-hybridized carbons (Fsp3) is 0.115. The van der Waals surface area contributed by atoms with E-state index in [0.717, 1.165) is 11.3 Å². The number of hydrogen-bond donors (Lipinski definition) is 3. The molecule has 0 aromatic heterocycles. The zero-order chi connectivity index (χ0) is 23.6. The minimum Gasteiger partial charge on any atom is -0.492 e. The maximum Gasteiger partial charge on any atom is 0.312 e. The average molecular weight is 461 g/mol. The third-order valence-corrected chi connectivity index (χ3v) is 4.75. The van der Waals surface area contributed by atoms with Gasteiger partial charge in [-0.2, -0.15) is 0 Å². The van der Waals surface area contributed by atoms with Gasteiger partial charge in [-0.25, -0.2) is 0 Å². The van der Waals surface area contributed by atoms with E-state index in [4.69, 9.17) is 32.2 Å². The molecule has 0 amide bonds. The molecule has 0 heterocycles. The summed E-state index contributed by atoms with van der Waals surface area (Å²) in [6.07, 6.45) is -0.0408. The monoisotopic (exact) mass is 460 g/mol. The number of amidine groups is 1. The number of nitrogen functional groups attached to an aromatic ring is 1. The molecule has 0 fully saturated rings. The summed E-state index contributed by atoms with van der Waals surface area (Å²) in [5, 5.41) is 10.8. The topological polar surface area (TPSA) is 97.4 Å². The van der Waals surface area contributed by atoms with E-state index in [0.29, 0.717) is 27.5 Å². The minimum absolute atomic E-state index is 0.0115. The van der Waals surface area contributed by atoms with Crippen LogP contribution in [-0.4, -0.2) is 25.1 Å². The van der Waals surface area contributed by atoms with Crippen molar-refractivity contribution in [3.05, 3.63) is 101 Å². The lowest BCUT2D eigenvalue weighted by molar-refractivity contribution is -0.142. The van der Waals surface area contributed by atoms with Crippen molar-refractivity contribution < 1.29 is 14.3 Å². The Balaban J connectivity index is 1.68. The number of rotatable bonds is 8. The molecule has 0 atom stereocenters. The first-order valence-corrected chi connectivity index (χ1v) is 10.5. The van der Waals surface area contributed by atoms with Crippen molar-refractivity contribution in [3.63, 3.8) is 0 Å². The molecule has 167 valence electrons. The molecule has 7 heteroatoms. The van der Waals surface area contributed by atoms with Crippen LogP contribution in [0.25, 0.3) is 0 Å². The lowest BCUT2D eigenvalue weighted by Crippen LogP contribution is -2.15. The summed E-state index contributed by atoms with van der Waals surface area (Å²) in [6.45, 7) is 3.88. The van der Waals surface area contributed by atoms with E-state index in [-0.39, 0.29) is 25.6 Å². The van der Waals surface area contributed by atoms with Crippen molar-refractivity contribution in [1.82, 2.24) is 0 Å². The van der Waals surface area contributed by atoms with Crippen LogP contribution in [0.1, 0.15) is 22.3 Å². The first-order valence-electron chi connectivity index (χ1n) is 10.1. The number of carbonyl (C=O) groups excluding carboxylic acids is 1. The van der Waals surface area contributed by atoms with Crippen LogP contribution in [0.2, 0.25) is 5.02 Å². The van der Waals surface area contributed by atoms with E-state index in [1.807, 2.05) is 30.3 Å². The van der Waals surface area contributed by atoms with Crippen LogP contribution in [0.15, 0.2) is 66.7 Å². The third-order valence-electron chi connectivity index (χ3n) is 4.53. The van der Waals surface area contributed by atoms with Gasteiger partial charge in [-0.3, -0.25) is 10.2 Å². The molecule has 0 aliphatic carbocycles. The van der Waals surface area contributed by atoms with Crippen LogP contribution in [0.5, 0.6) is 5.75 Å². The highest BCUT2D eigenvalue weighted by atomic mass is 35.5. The van der Waals surface area contributed by atoms with Gasteiger partial charge in [0, 0.05) is 27.4 Å². The van der Waals surface area contributed by atoms with E-state index in [1.165, 1.54) is 0 Å². The van der Waals surface area contributed by atoms with Crippen LogP contribution in [0.3, 0.4) is 0 Å². The molecule has 3 rings (SSSR count). The van der Waals surface area contributed by atoms with Gasteiger partial charge in [-0.05, 0) is 55.5 Å². The van der Waals surface area contributed by atoms with Crippen molar-refractivity contribution in [2.75, 3.05) is 18.7 Å². The number of benzene rings is 3. The fourth-order valence-electron chi connectivity index (χ4n) is 2.98. The number of nitrogens with one attached hydrogen (secondary N) is 2. The Kier molecular flexibility index (Phi) is 8.34. The maximum atomic E-state index is 12.4. The van der Waals surface area contributed by atoms with E-state index in [9.17, 15) is 4.79 Å². The molecule has 6 nitrogen and oxygen atoms in total. The zero-order valence-electron chi connectivity index (χ0n) is 17.9. The van der Waals surface area contributed by atoms with Gasteiger partial charge in [0.2, 0.25) is 0 Å². The van der Waals surface area contributed by atoms with Gasteiger partial charge < -0.3 is 20.5 Å². The summed E-state index contributed by atoms with van der Waals surface area (Å²) in [6, 6.07) is 19.8. The Morgan fingerprint density at radius 1 is 1.09 bits per heavy atom. The van der Waals surface area contributed by atoms with E-state index >= 15 is 0 Å². The molecule has 4 N–H and O–H groups in total. The Labute approximate surface area is 198 Å². The Morgan fingerprint density at radius 3 is 2.48 bits per heavy atom. The van der Waals surface area contributed by atoms with Crippen molar-refractivity contribution >= 4 is 29.1 Å². The van der Waals surface area contributed by atoms with Gasteiger partial charge >= 0.3 is 5.97 Å². The molecule has 33 heavy (non-hydrogen) atoms. The van der Waals surface area contributed by atoms with Crippen molar-refractivity contribution in [3.8, 4) is 17.6 Å². The van der Waals surface area contributed by atoms with Crippen LogP contribution in [-0.2, 0) is 16.0 Å². The van der Waals surface area contributed by atoms with Gasteiger partial charge in [0.15, 0.2) is 6.73 Å². The lowest BCUT2D eigenvalue weighted by atomic mass is 10.1. The smallest absolute Gasteiger partial charge is 0.312 e. The number of halogens is 1. The average Bonchev–Trinajstić information content (AvgIpc) is 2.80. The summed E-state index contributed by atoms with van der Waals surface area (Å²) in [7, 11) is 0. The summed E-state index contributed by atoms with van der Waals surface area (Å²) in [4.78, 5) is 12.4. The fourth-order valence-corrected chi connectivity index (χ4v) is 3.22. The number of carbonyl (C=O) groups is 1. The molecule has 0 aliphatic heterocycles. The molecule has 0 saturated carbocycles. The van der Waals surface area contributed by atoms with Crippen molar-refractivity contribution in [2.45, 2.75) is 6.42 Å². The molecule has 3 aromatic carbocycles. The largest absolute Gasteiger partial charge is 0.492 e. The zero-order valence-corrected chi connectivity index (χ0v) is 18.6. The molecule has 0 saturated heterocycles. The van der Waals surface area contributed by atoms with Crippen molar-refractivity contribution in [1.29, 1.82) is 5.41 Å². The second-order valence-corrected chi connectivity index (χ2v) is 7.35. The van der Waals surface area contributed by atoms with E-state index < -0.39 is 5.97 Å². The van der Waals surface area contributed by atoms with Gasteiger partial charge in [-0.15, -0.1) is 0 Å².